The van der Waals surface area contributed by atoms with Gasteiger partial charge in [-0.15, -0.1) is 22.9 Å². The molecule has 0 aliphatic heterocycles. The number of halogens is 1. The van der Waals surface area contributed by atoms with Crippen LogP contribution in [0, 0.1) is 0 Å². The Bertz CT molecular complexity index is 612. The van der Waals surface area contributed by atoms with Crippen LogP contribution in [0.25, 0.3) is 10.6 Å². The summed E-state index contributed by atoms with van der Waals surface area (Å²) in [4.78, 5) is 18.6. The average molecular weight is 324 g/mol. The molecular formula is C15H18ClN3OS. The van der Waals surface area contributed by atoms with E-state index in [1.165, 1.54) is 11.3 Å². The Morgan fingerprint density at radius 3 is 2.90 bits per heavy atom. The van der Waals surface area contributed by atoms with Crippen LogP contribution >= 0.6 is 22.9 Å². The number of rotatable bonds is 6. The highest BCUT2D eigenvalue weighted by molar-refractivity contribution is 7.13. The quantitative estimate of drug-likeness (QED) is 0.831. The number of hydrogen-bond acceptors (Lipinski definition) is 4. The van der Waals surface area contributed by atoms with Gasteiger partial charge in [-0.25, -0.2) is 4.98 Å². The van der Waals surface area contributed by atoms with Crippen molar-refractivity contribution in [1.29, 1.82) is 0 Å². The molecule has 0 spiro atoms. The summed E-state index contributed by atoms with van der Waals surface area (Å²) in [5.74, 6) is 0.342. The van der Waals surface area contributed by atoms with Crippen molar-refractivity contribution >= 4 is 28.8 Å². The zero-order valence-corrected chi connectivity index (χ0v) is 13.7. The Hall–Kier alpha value is -1.43. The number of benzene rings is 1. The predicted molar refractivity (Wildman–Crippen MR) is 88.0 cm³/mol. The van der Waals surface area contributed by atoms with E-state index in [4.69, 9.17) is 11.6 Å². The molecule has 4 nitrogen and oxygen atoms in total. The number of aromatic nitrogens is 1. The third-order valence-corrected chi connectivity index (χ3v) is 4.12. The Morgan fingerprint density at radius 2 is 2.24 bits per heavy atom. The minimum absolute atomic E-state index is 0.0622. The lowest BCUT2D eigenvalue weighted by Gasteiger charge is -2.10. The molecule has 2 aromatic rings. The molecule has 1 aromatic carbocycles. The van der Waals surface area contributed by atoms with Crippen LogP contribution in [0.3, 0.4) is 0 Å². The molecule has 6 heteroatoms. The molecule has 1 aromatic heterocycles. The monoisotopic (exact) mass is 323 g/mol. The molecule has 112 valence electrons. The lowest BCUT2D eigenvalue weighted by molar-refractivity contribution is 0.0951. The molecule has 0 atom stereocenters. The number of carbonyl (C=O) groups excluding carboxylic acids is 1. The van der Waals surface area contributed by atoms with Gasteiger partial charge in [-0.1, -0.05) is 12.1 Å². The third-order valence-electron chi connectivity index (χ3n) is 2.90. The van der Waals surface area contributed by atoms with Crippen molar-refractivity contribution in [1.82, 2.24) is 15.2 Å². The molecule has 0 fully saturated rings. The smallest absolute Gasteiger partial charge is 0.251 e. The van der Waals surface area contributed by atoms with Crippen LogP contribution < -0.4 is 5.32 Å². The number of thiazole rings is 1. The molecule has 1 amide bonds. The van der Waals surface area contributed by atoms with Crippen molar-refractivity contribution in [2.45, 2.75) is 5.88 Å². The van der Waals surface area contributed by atoms with Gasteiger partial charge in [0, 0.05) is 29.6 Å². The zero-order valence-electron chi connectivity index (χ0n) is 12.1. The Kier molecular flexibility index (Phi) is 5.73. The third kappa shape index (κ3) is 4.52. The van der Waals surface area contributed by atoms with Crippen LogP contribution in [0.4, 0.5) is 0 Å². The Balaban J connectivity index is 2.08. The minimum atomic E-state index is -0.0622. The maximum Gasteiger partial charge on any atom is 0.251 e. The van der Waals surface area contributed by atoms with Gasteiger partial charge in [0.2, 0.25) is 0 Å². The first-order chi connectivity index (χ1) is 10.1. The fraction of sp³-hybridized carbons (Fsp3) is 0.333. The predicted octanol–water partition coefficient (Wildman–Crippen LogP) is 2.84. The molecule has 0 saturated carbocycles. The van der Waals surface area contributed by atoms with E-state index in [-0.39, 0.29) is 5.91 Å². The van der Waals surface area contributed by atoms with Crippen LogP contribution in [0.15, 0.2) is 29.6 Å². The molecular weight excluding hydrogens is 306 g/mol. The number of carbonyl (C=O) groups is 1. The summed E-state index contributed by atoms with van der Waals surface area (Å²) >= 11 is 7.30. The van der Waals surface area contributed by atoms with E-state index in [2.05, 4.69) is 10.3 Å². The Morgan fingerprint density at radius 1 is 1.43 bits per heavy atom. The second kappa shape index (κ2) is 7.54. The number of alkyl halides is 1. The van der Waals surface area contributed by atoms with E-state index >= 15 is 0 Å². The first kappa shape index (κ1) is 15.9. The number of nitrogens with one attached hydrogen (secondary N) is 1. The van der Waals surface area contributed by atoms with Gasteiger partial charge in [0.15, 0.2) is 0 Å². The molecule has 0 radical (unpaired) electrons. The summed E-state index contributed by atoms with van der Waals surface area (Å²) in [6.07, 6.45) is 0. The van der Waals surface area contributed by atoms with E-state index in [1.807, 2.05) is 48.6 Å². The van der Waals surface area contributed by atoms with Crippen molar-refractivity contribution in [2.24, 2.45) is 0 Å². The number of likely N-dealkylation sites (N-methyl/N-ethyl adjacent to an activating group) is 1. The first-order valence-corrected chi connectivity index (χ1v) is 8.05. The van der Waals surface area contributed by atoms with Crippen molar-refractivity contribution < 1.29 is 4.79 Å². The fourth-order valence-electron chi connectivity index (χ4n) is 1.79. The number of hydrogen-bond donors (Lipinski definition) is 1. The first-order valence-electron chi connectivity index (χ1n) is 6.64. The van der Waals surface area contributed by atoms with Crippen molar-refractivity contribution in [3.05, 3.63) is 40.9 Å². The van der Waals surface area contributed by atoms with E-state index in [9.17, 15) is 4.79 Å². The average Bonchev–Trinajstić information content (AvgIpc) is 2.96. The molecule has 0 unspecified atom stereocenters. The van der Waals surface area contributed by atoms with Gasteiger partial charge in [0.05, 0.1) is 11.6 Å². The summed E-state index contributed by atoms with van der Waals surface area (Å²) in [7, 11) is 3.95. The second-order valence-corrected chi connectivity index (χ2v) is 6.04. The molecule has 1 N–H and O–H groups in total. The molecule has 21 heavy (non-hydrogen) atoms. The molecule has 0 saturated heterocycles. The highest BCUT2D eigenvalue weighted by atomic mass is 35.5. The van der Waals surface area contributed by atoms with Gasteiger partial charge in [0.1, 0.15) is 5.01 Å². The van der Waals surface area contributed by atoms with E-state index in [0.717, 1.165) is 22.8 Å². The van der Waals surface area contributed by atoms with Gasteiger partial charge in [-0.05, 0) is 26.2 Å². The lowest BCUT2D eigenvalue weighted by atomic mass is 10.1. The van der Waals surface area contributed by atoms with E-state index < -0.39 is 0 Å². The number of nitrogens with zero attached hydrogens (tertiary/aromatic N) is 2. The van der Waals surface area contributed by atoms with Crippen LogP contribution in [0.1, 0.15) is 16.1 Å². The van der Waals surface area contributed by atoms with Crippen LogP contribution in [0.5, 0.6) is 0 Å². The number of amides is 1. The van der Waals surface area contributed by atoms with Gasteiger partial charge >= 0.3 is 0 Å². The van der Waals surface area contributed by atoms with Crippen LogP contribution in [-0.2, 0) is 5.88 Å². The van der Waals surface area contributed by atoms with Gasteiger partial charge in [-0.3, -0.25) is 4.79 Å². The molecule has 2 rings (SSSR count). The van der Waals surface area contributed by atoms with Crippen molar-refractivity contribution in [2.75, 3.05) is 27.2 Å². The summed E-state index contributed by atoms with van der Waals surface area (Å²) in [6, 6.07) is 7.50. The largest absolute Gasteiger partial charge is 0.351 e. The fourth-order valence-corrected chi connectivity index (χ4v) is 2.83. The SMILES string of the molecule is CN(C)CCNC(=O)c1cccc(-c2nc(CCl)cs2)c1. The molecule has 0 aliphatic carbocycles. The highest BCUT2D eigenvalue weighted by Crippen LogP contribution is 2.25. The van der Waals surface area contributed by atoms with E-state index in [1.54, 1.807) is 0 Å². The maximum atomic E-state index is 12.1. The highest BCUT2D eigenvalue weighted by Gasteiger charge is 2.09. The van der Waals surface area contributed by atoms with Crippen LogP contribution in [0.2, 0.25) is 0 Å². The minimum Gasteiger partial charge on any atom is -0.351 e. The van der Waals surface area contributed by atoms with Crippen LogP contribution in [-0.4, -0.2) is 43.0 Å². The summed E-state index contributed by atoms with van der Waals surface area (Å²) in [5.41, 5.74) is 2.45. The molecule has 0 aliphatic rings. The standard InChI is InChI=1S/C15H18ClN3OS/c1-19(2)7-6-17-14(20)11-4-3-5-12(8-11)15-18-13(9-16)10-21-15/h3-5,8,10H,6-7,9H2,1-2H3,(H,17,20). The van der Waals surface area contributed by atoms with Gasteiger partial charge in [0.25, 0.3) is 5.91 Å². The molecule has 1 heterocycles. The molecule has 0 bridgehead atoms. The van der Waals surface area contributed by atoms with E-state index in [0.29, 0.717) is 18.0 Å². The topological polar surface area (TPSA) is 45.2 Å². The maximum absolute atomic E-state index is 12.1. The second-order valence-electron chi connectivity index (χ2n) is 4.92. The lowest BCUT2D eigenvalue weighted by Crippen LogP contribution is -2.31. The van der Waals surface area contributed by atoms with Crippen molar-refractivity contribution in [3.8, 4) is 10.6 Å². The van der Waals surface area contributed by atoms with Gasteiger partial charge in [-0.2, -0.15) is 0 Å². The zero-order chi connectivity index (χ0) is 15.2. The summed E-state index contributed by atoms with van der Waals surface area (Å²) in [5, 5.41) is 5.73. The normalized spacial score (nSPS) is 10.9. The van der Waals surface area contributed by atoms with Gasteiger partial charge < -0.3 is 10.2 Å². The summed E-state index contributed by atoms with van der Waals surface area (Å²) in [6.45, 7) is 1.45. The summed E-state index contributed by atoms with van der Waals surface area (Å²) < 4.78 is 0. The van der Waals surface area contributed by atoms with Crippen molar-refractivity contribution in [3.63, 3.8) is 0 Å². The Labute approximate surface area is 133 Å².